The lowest BCUT2D eigenvalue weighted by Gasteiger charge is -2.08. The van der Waals surface area contributed by atoms with Crippen molar-refractivity contribution in [1.29, 1.82) is 0 Å². The van der Waals surface area contributed by atoms with Crippen LogP contribution in [0.3, 0.4) is 0 Å². The zero-order chi connectivity index (χ0) is 13.5. The number of carbonyl (C=O) groups excluding carboxylic acids is 2. The first-order valence-electron chi connectivity index (χ1n) is 5.68. The van der Waals surface area contributed by atoms with Crippen molar-refractivity contribution in [3.63, 3.8) is 0 Å². The van der Waals surface area contributed by atoms with Crippen molar-refractivity contribution < 1.29 is 19.1 Å². The minimum atomic E-state index is -0.480. The summed E-state index contributed by atoms with van der Waals surface area (Å²) in [5.74, 6) is -0.0535. The van der Waals surface area contributed by atoms with Gasteiger partial charge in [0.15, 0.2) is 12.4 Å². The smallest absolute Gasteiger partial charge is 0.343 e. The van der Waals surface area contributed by atoms with Crippen molar-refractivity contribution in [1.82, 2.24) is 0 Å². The fraction of sp³-hybridized carbons (Fsp3) is 0.385. The van der Waals surface area contributed by atoms with Crippen LogP contribution in [0.4, 0.5) is 0 Å². The molecule has 0 heterocycles. The van der Waals surface area contributed by atoms with E-state index in [1.54, 1.807) is 24.3 Å². The third-order valence-corrected chi connectivity index (χ3v) is 2.50. The molecule has 0 bridgehead atoms. The highest BCUT2D eigenvalue weighted by Gasteiger charge is 2.13. The number of rotatable bonds is 6. The van der Waals surface area contributed by atoms with Gasteiger partial charge < -0.3 is 15.2 Å². The summed E-state index contributed by atoms with van der Waals surface area (Å²) in [7, 11) is 1.29. The zero-order valence-corrected chi connectivity index (χ0v) is 10.5. The van der Waals surface area contributed by atoms with Crippen LogP contribution in [0.25, 0.3) is 0 Å². The van der Waals surface area contributed by atoms with E-state index in [-0.39, 0.29) is 12.4 Å². The van der Waals surface area contributed by atoms with Crippen LogP contribution in [0.5, 0.6) is 5.75 Å². The zero-order valence-electron chi connectivity index (χ0n) is 10.5. The Balaban J connectivity index is 2.62. The predicted molar refractivity (Wildman–Crippen MR) is 66.5 cm³/mol. The molecule has 0 unspecified atom stereocenters. The van der Waals surface area contributed by atoms with E-state index >= 15 is 0 Å². The second-order valence-electron chi connectivity index (χ2n) is 3.77. The lowest BCUT2D eigenvalue weighted by Crippen LogP contribution is -2.29. The Hall–Kier alpha value is -1.88. The molecule has 1 atom stereocenters. The fourth-order valence-corrected chi connectivity index (χ4v) is 1.32. The molecule has 0 radical (unpaired) electrons. The Bertz CT molecular complexity index is 414. The Kier molecular flexibility index (Phi) is 5.32. The maximum absolute atomic E-state index is 11.8. The van der Waals surface area contributed by atoms with E-state index in [1.165, 1.54) is 7.11 Å². The van der Waals surface area contributed by atoms with Gasteiger partial charge in [-0.2, -0.15) is 0 Å². The van der Waals surface area contributed by atoms with Crippen molar-refractivity contribution in [3.8, 4) is 5.75 Å². The molecular weight excluding hydrogens is 234 g/mol. The molecule has 0 amide bonds. The molecule has 2 N–H and O–H groups in total. The van der Waals surface area contributed by atoms with Crippen molar-refractivity contribution in [2.45, 2.75) is 19.4 Å². The molecule has 0 aliphatic carbocycles. The van der Waals surface area contributed by atoms with Gasteiger partial charge in [-0.05, 0) is 30.7 Å². The van der Waals surface area contributed by atoms with E-state index < -0.39 is 12.0 Å². The Morgan fingerprint density at radius 1 is 1.28 bits per heavy atom. The van der Waals surface area contributed by atoms with Crippen LogP contribution >= 0.6 is 0 Å². The van der Waals surface area contributed by atoms with Gasteiger partial charge in [-0.3, -0.25) is 4.79 Å². The Labute approximate surface area is 106 Å². The van der Waals surface area contributed by atoms with E-state index in [2.05, 4.69) is 4.74 Å². The molecule has 98 valence electrons. The van der Waals surface area contributed by atoms with Gasteiger partial charge >= 0.3 is 5.97 Å². The van der Waals surface area contributed by atoms with Crippen LogP contribution in [0.1, 0.15) is 23.7 Å². The summed E-state index contributed by atoms with van der Waals surface area (Å²) >= 11 is 0. The van der Waals surface area contributed by atoms with E-state index in [9.17, 15) is 9.59 Å². The monoisotopic (exact) mass is 251 g/mol. The minimum absolute atomic E-state index is 0.1000. The highest BCUT2D eigenvalue weighted by atomic mass is 16.6. The number of benzene rings is 1. The lowest BCUT2D eigenvalue weighted by molar-refractivity contribution is -0.142. The standard InChI is InChI=1S/C13H17NO4/c1-3-11(14)13(16)9-4-6-10(7-5-9)18-8-12(15)17-2/h4-7,11H,3,8,14H2,1-2H3/t11-/m0/s1. The van der Waals surface area contributed by atoms with Crippen molar-refractivity contribution >= 4 is 11.8 Å². The molecule has 0 aromatic heterocycles. The lowest BCUT2D eigenvalue weighted by atomic mass is 10.0. The van der Waals surface area contributed by atoms with Crippen LogP contribution in [-0.2, 0) is 9.53 Å². The molecule has 0 fully saturated rings. The highest BCUT2D eigenvalue weighted by Crippen LogP contribution is 2.13. The number of Topliss-reactive ketones (excluding diaryl/α,β-unsaturated/α-hetero) is 1. The van der Waals surface area contributed by atoms with Crippen LogP contribution in [0.2, 0.25) is 0 Å². The van der Waals surface area contributed by atoms with Gasteiger partial charge in [-0.1, -0.05) is 6.92 Å². The summed E-state index contributed by atoms with van der Waals surface area (Å²) in [4.78, 5) is 22.6. The number of ketones is 1. The summed E-state index contributed by atoms with van der Waals surface area (Å²) in [6.07, 6.45) is 0.597. The van der Waals surface area contributed by atoms with Gasteiger partial charge in [0.25, 0.3) is 0 Å². The summed E-state index contributed by atoms with van der Waals surface area (Å²) in [5.41, 5.74) is 6.20. The van der Waals surface area contributed by atoms with Crippen molar-refractivity contribution in [2.24, 2.45) is 5.73 Å². The first kappa shape index (κ1) is 14.2. The van der Waals surface area contributed by atoms with Crippen LogP contribution in [-0.4, -0.2) is 31.5 Å². The number of ether oxygens (including phenoxy) is 2. The summed E-state index contributed by atoms with van der Waals surface area (Å²) < 4.78 is 9.61. The van der Waals surface area contributed by atoms with Crippen molar-refractivity contribution in [3.05, 3.63) is 29.8 Å². The molecule has 5 heteroatoms. The normalized spacial score (nSPS) is 11.7. The molecule has 0 saturated carbocycles. The van der Waals surface area contributed by atoms with Crippen LogP contribution in [0, 0.1) is 0 Å². The van der Waals surface area contributed by atoms with Gasteiger partial charge in [-0.15, -0.1) is 0 Å². The summed E-state index contributed by atoms with van der Waals surface area (Å²) in [6.45, 7) is 1.70. The largest absolute Gasteiger partial charge is 0.482 e. The molecule has 0 saturated heterocycles. The number of methoxy groups -OCH3 is 1. The summed E-state index contributed by atoms with van der Waals surface area (Å²) in [5, 5.41) is 0. The molecule has 1 rings (SSSR count). The number of hydrogen-bond acceptors (Lipinski definition) is 5. The number of esters is 1. The second kappa shape index (κ2) is 6.76. The first-order chi connectivity index (χ1) is 8.58. The van der Waals surface area contributed by atoms with Gasteiger partial charge in [0.1, 0.15) is 5.75 Å². The first-order valence-corrected chi connectivity index (χ1v) is 5.68. The van der Waals surface area contributed by atoms with Gasteiger partial charge in [0, 0.05) is 5.56 Å². The van der Waals surface area contributed by atoms with E-state index in [0.29, 0.717) is 17.7 Å². The second-order valence-corrected chi connectivity index (χ2v) is 3.77. The quantitative estimate of drug-likeness (QED) is 0.606. The van der Waals surface area contributed by atoms with Crippen molar-refractivity contribution in [2.75, 3.05) is 13.7 Å². The van der Waals surface area contributed by atoms with Gasteiger partial charge in [0.05, 0.1) is 13.2 Å². The average Bonchev–Trinajstić information content (AvgIpc) is 2.43. The summed E-state index contributed by atoms with van der Waals surface area (Å²) in [6, 6.07) is 6.03. The van der Waals surface area contributed by atoms with E-state index in [0.717, 1.165) is 0 Å². The maximum Gasteiger partial charge on any atom is 0.343 e. The molecule has 1 aromatic rings. The third-order valence-electron chi connectivity index (χ3n) is 2.50. The van der Waals surface area contributed by atoms with E-state index in [1.807, 2.05) is 6.92 Å². The topological polar surface area (TPSA) is 78.6 Å². The Morgan fingerprint density at radius 3 is 2.39 bits per heavy atom. The number of nitrogens with two attached hydrogens (primary N) is 1. The molecule has 0 spiro atoms. The van der Waals surface area contributed by atoms with Gasteiger partial charge in [-0.25, -0.2) is 4.79 Å². The highest BCUT2D eigenvalue weighted by molar-refractivity contribution is 5.99. The maximum atomic E-state index is 11.8. The average molecular weight is 251 g/mol. The SMILES string of the molecule is CC[C@H](N)C(=O)c1ccc(OCC(=O)OC)cc1. The molecular formula is C13H17NO4. The minimum Gasteiger partial charge on any atom is -0.482 e. The molecule has 0 aliphatic rings. The molecule has 5 nitrogen and oxygen atoms in total. The molecule has 18 heavy (non-hydrogen) atoms. The van der Waals surface area contributed by atoms with Crippen LogP contribution < -0.4 is 10.5 Å². The van der Waals surface area contributed by atoms with E-state index in [4.69, 9.17) is 10.5 Å². The molecule has 1 aromatic carbocycles. The number of hydrogen-bond donors (Lipinski definition) is 1. The number of carbonyl (C=O) groups is 2. The van der Waals surface area contributed by atoms with Crippen LogP contribution in [0.15, 0.2) is 24.3 Å². The molecule has 0 aliphatic heterocycles. The predicted octanol–water partition coefficient (Wildman–Crippen LogP) is 1.16. The Morgan fingerprint density at radius 2 is 1.89 bits per heavy atom. The fourth-order valence-electron chi connectivity index (χ4n) is 1.32. The van der Waals surface area contributed by atoms with Gasteiger partial charge in [0.2, 0.25) is 0 Å². The third kappa shape index (κ3) is 3.85.